The first-order valence-corrected chi connectivity index (χ1v) is 15.3. The van der Waals surface area contributed by atoms with Crippen LogP contribution in [0.2, 0.25) is 0 Å². The maximum absolute atomic E-state index is 2.39. The molecular weight excluding hydrogens is 518 g/mol. The molecule has 0 aromatic heterocycles. The highest BCUT2D eigenvalue weighted by atomic mass is 15.1. The van der Waals surface area contributed by atoms with Crippen molar-refractivity contribution in [2.75, 3.05) is 4.90 Å². The van der Waals surface area contributed by atoms with Crippen LogP contribution in [0.25, 0.3) is 32.7 Å². The van der Waals surface area contributed by atoms with E-state index in [4.69, 9.17) is 0 Å². The molecule has 43 heavy (non-hydrogen) atoms. The number of fused-ring (bicyclic) bond motifs is 3. The van der Waals surface area contributed by atoms with Crippen LogP contribution in [0.3, 0.4) is 0 Å². The third kappa shape index (κ3) is 5.80. The number of aryl methyl sites for hydroxylation is 2. The fraction of sp³-hybridized carbons (Fsp3) is 0.0952. The summed E-state index contributed by atoms with van der Waals surface area (Å²) in [6.45, 7) is 0. The minimum Gasteiger partial charge on any atom is -0.310 e. The molecule has 208 valence electrons. The summed E-state index contributed by atoms with van der Waals surface area (Å²) < 4.78 is 0. The molecule has 7 rings (SSSR count). The minimum atomic E-state index is 1.12. The normalized spacial score (nSPS) is 11.2. The Hall–Kier alpha value is -5.14. The molecule has 0 aliphatic heterocycles. The van der Waals surface area contributed by atoms with E-state index in [0.717, 1.165) is 24.2 Å². The number of rotatable bonds is 9. The summed E-state index contributed by atoms with van der Waals surface area (Å²) in [4.78, 5) is 2.39. The Balaban J connectivity index is 1.15. The van der Waals surface area contributed by atoms with E-state index in [-0.39, 0.29) is 0 Å². The Morgan fingerprint density at radius 2 is 0.860 bits per heavy atom. The van der Waals surface area contributed by atoms with Gasteiger partial charge in [0, 0.05) is 16.8 Å². The van der Waals surface area contributed by atoms with Crippen LogP contribution < -0.4 is 4.90 Å². The van der Waals surface area contributed by atoms with Gasteiger partial charge in [-0.05, 0) is 94.4 Å². The zero-order valence-electron chi connectivity index (χ0n) is 24.4. The molecule has 0 aliphatic rings. The van der Waals surface area contributed by atoms with Crippen molar-refractivity contribution >= 4 is 38.6 Å². The quantitative estimate of drug-likeness (QED) is 0.127. The number of anilines is 3. The van der Waals surface area contributed by atoms with Crippen molar-refractivity contribution in [3.05, 3.63) is 175 Å². The Morgan fingerprint density at radius 3 is 1.53 bits per heavy atom. The molecule has 0 heterocycles. The number of unbranched alkanes of at least 4 members (excludes halogenated alkanes) is 1. The lowest BCUT2D eigenvalue weighted by Gasteiger charge is -2.27. The molecule has 1 nitrogen and oxygen atoms in total. The lowest BCUT2D eigenvalue weighted by molar-refractivity contribution is 0.734. The topological polar surface area (TPSA) is 3.24 Å². The van der Waals surface area contributed by atoms with Crippen molar-refractivity contribution in [2.45, 2.75) is 25.7 Å². The molecule has 0 bridgehead atoms. The largest absolute Gasteiger partial charge is 0.310 e. The Morgan fingerprint density at radius 1 is 0.372 bits per heavy atom. The number of hydrogen-bond donors (Lipinski definition) is 0. The van der Waals surface area contributed by atoms with E-state index in [1.165, 1.54) is 62.3 Å². The van der Waals surface area contributed by atoms with Gasteiger partial charge in [-0.2, -0.15) is 0 Å². The first kappa shape index (κ1) is 26.7. The van der Waals surface area contributed by atoms with Crippen LogP contribution in [0.5, 0.6) is 0 Å². The van der Waals surface area contributed by atoms with Gasteiger partial charge >= 0.3 is 0 Å². The van der Waals surface area contributed by atoms with Gasteiger partial charge in [-0.25, -0.2) is 0 Å². The summed E-state index contributed by atoms with van der Waals surface area (Å²) >= 11 is 0. The molecule has 0 N–H and O–H groups in total. The predicted octanol–water partition coefficient (Wildman–Crippen LogP) is 11.7. The van der Waals surface area contributed by atoms with Crippen LogP contribution in [-0.4, -0.2) is 0 Å². The Labute approximate surface area is 254 Å². The van der Waals surface area contributed by atoms with E-state index in [0.29, 0.717) is 0 Å². The van der Waals surface area contributed by atoms with Crippen molar-refractivity contribution in [3.63, 3.8) is 0 Å². The van der Waals surface area contributed by atoms with Crippen LogP contribution >= 0.6 is 0 Å². The fourth-order valence-corrected chi connectivity index (χ4v) is 6.19. The highest BCUT2D eigenvalue weighted by molar-refractivity contribution is 6.14. The van der Waals surface area contributed by atoms with Crippen molar-refractivity contribution < 1.29 is 0 Å². The van der Waals surface area contributed by atoms with Gasteiger partial charge < -0.3 is 4.90 Å². The second kappa shape index (κ2) is 12.4. The first-order valence-electron chi connectivity index (χ1n) is 15.3. The fourth-order valence-electron chi connectivity index (χ4n) is 6.19. The van der Waals surface area contributed by atoms with Crippen LogP contribution in [-0.2, 0) is 12.8 Å². The minimum absolute atomic E-state index is 1.12. The molecule has 0 fully saturated rings. The highest BCUT2D eigenvalue weighted by Gasteiger charge is 2.17. The van der Waals surface area contributed by atoms with Crippen LogP contribution in [0.15, 0.2) is 164 Å². The van der Waals surface area contributed by atoms with E-state index in [2.05, 4.69) is 169 Å². The standard InChI is InChI=1S/C42H35N/c1-3-13-32(14-4-1)15-7-8-16-33-23-25-34(26-24-33)35-27-29-38(30-28-35)43(37-18-5-2-6-19-37)42-31-36-17-9-10-20-39(36)40-21-11-12-22-41(40)42/h1-6,9-14,17-31H,7-8,15-16H2. The monoisotopic (exact) mass is 553 g/mol. The summed E-state index contributed by atoms with van der Waals surface area (Å²) in [7, 11) is 0. The third-order valence-electron chi connectivity index (χ3n) is 8.44. The molecule has 0 unspecified atom stereocenters. The molecule has 0 radical (unpaired) electrons. The molecule has 0 amide bonds. The number of para-hydroxylation sites is 1. The third-order valence-corrected chi connectivity index (χ3v) is 8.44. The lowest BCUT2D eigenvalue weighted by atomic mass is 9.98. The second-order valence-corrected chi connectivity index (χ2v) is 11.3. The van der Waals surface area contributed by atoms with Gasteiger partial charge in [0.05, 0.1) is 5.69 Å². The zero-order chi connectivity index (χ0) is 28.8. The van der Waals surface area contributed by atoms with Gasteiger partial charge in [-0.1, -0.05) is 133 Å². The van der Waals surface area contributed by atoms with Crippen molar-refractivity contribution in [3.8, 4) is 11.1 Å². The van der Waals surface area contributed by atoms with E-state index < -0.39 is 0 Å². The van der Waals surface area contributed by atoms with E-state index in [1.54, 1.807) is 0 Å². The summed E-state index contributed by atoms with van der Waals surface area (Å²) in [6, 6.07) is 59.4. The molecule has 0 saturated carbocycles. The van der Waals surface area contributed by atoms with Gasteiger partial charge in [0.15, 0.2) is 0 Å². The first-order chi connectivity index (χ1) is 21.3. The Kier molecular flexibility index (Phi) is 7.70. The SMILES string of the molecule is c1ccc(CCCCc2ccc(-c3ccc(N(c4ccccc4)c4cc5ccccc5c5ccccc45)cc3)cc2)cc1. The van der Waals surface area contributed by atoms with Crippen molar-refractivity contribution in [1.29, 1.82) is 0 Å². The van der Waals surface area contributed by atoms with Crippen LogP contribution in [0, 0.1) is 0 Å². The zero-order valence-corrected chi connectivity index (χ0v) is 24.4. The van der Waals surface area contributed by atoms with Crippen molar-refractivity contribution in [1.82, 2.24) is 0 Å². The molecule has 0 atom stereocenters. The lowest BCUT2D eigenvalue weighted by Crippen LogP contribution is -2.10. The number of hydrogen-bond acceptors (Lipinski definition) is 1. The average Bonchev–Trinajstić information content (AvgIpc) is 3.08. The summed E-state index contributed by atoms with van der Waals surface area (Å²) in [5, 5.41) is 5.04. The maximum Gasteiger partial charge on any atom is 0.0546 e. The molecule has 0 spiro atoms. The van der Waals surface area contributed by atoms with E-state index in [9.17, 15) is 0 Å². The van der Waals surface area contributed by atoms with Gasteiger partial charge in [0.25, 0.3) is 0 Å². The van der Waals surface area contributed by atoms with Crippen LogP contribution in [0.4, 0.5) is 17.1 Å². The number of benzene rings is 7. The average molecular weight is 554 g/mol. The molecule has 1 heteroatoms. The Bertz CT molecular complexity index is 1940. The van der Waals surface area contributed by atoms with Crippen LogP contribution in [0.1, 0.15) is 24.0 Å². The molecule has 7 aromatic carbocycles. The maximum atomic E-state index is 2.39. The summed E-state index contributed by atoms with van der Waals surface area (Å²) in [6.07, 6.45) is 4.71. The predicted molar refractivity (Wildman–Crippen MR) is 185 cm³/mol. The van der Waals surface area contributed by atoms with Crippen molar-refractivity contribution in [2.24, 2.45) is 0 Å². The smallest absolute Gasteiger partial charge is 0.0546 e. The summed E-state index contributed by atoms with van der Waals surface area (Å²) in [5.41, 5.74) is 8.80. The molecule has 0 aliphatic carbocycles. The van der Waals surface area contributed by atoms with Gasteiger partial charge in [0.2, 0.25) is 0 Å². The molecule has 0 saturated heterocycles. The highest BCUT2D eigenvalue weighted by Crippen LogP contribution is 2.42. The second-order valence-electron chi connectivity index (χ2n) is 11.3. The van der Waals surface area contributed by atoms with Gasteiger partial charge in [-0.3, -0.25) is 0 Å². The molecular formula is C42H35N. The van der Waals surface area contributed by atoms with Gasteiger partial charge in [-0.15, -0.1) is 0 Å². The number of nitrogens with zero attached hydrogens (tertiary/aromatic N) is 1. The summed E-state index contributed by atoms with van der Waals surface area (Å²) in [5.74, 6) is 0. The molecule has 7 aromatic rings. The van der Waals surface area contributed by atoms with E-state index in [1.807, 2.05) is 0 Å². The van der Waals surface area contributed by atoms with E-state index >= 15 is 0 Å². The van der Waals surface area contributed by atoms with Gasteiger partial charge in [0.1, 0.15) is 0 Å².